The Labute approximate surface area is 205 Å². The lowest BCUT2D eigenvalue weighted by atomic mass is 10.00. The first-order valence-electron chi connectivity index (χ1n) is 9.96. The number of rotatable bonds is 6. The second-order valence-corrected chi connectivity index (χ2v) is 9.49. The van der Waals surface area contributed by atoms with Crippen LogP contribution in [0.3, 0.4) is 0 Å². The average molecular weight is 535 g/mol. The highest BCUT2D eigenvalue weighted by Crippen LogP contribution is 2.37. The van der Waals surface area contributed by atoms with E-state index in [-0.39, 0.29) is 21.6 Å². The van der Waals surface area contributed by atoms with Gasteiger partial charge in [0.1, 0.15) is 35.4 Å². The number of halogens is 4. The summed E-state index contributed by atoms with van der Waals surface area (Å²) in [6.45, 7) is -1.07. The average Bonchev–Trinajstić information content (AvgIpc) is 2.81. The van der Waals surface area contributed by atoms with Crippen molar-refractivity contribution in [2.75, 3.05) is 6.61 Å². The SMILES string of the molecule is O=c1oc2ccc(F)c(F)c2cc1COC1C(O)[C@@H](Sc2ccc(Cl)c(Cl)c2)OC(CO)[C@@H]1O. The minimum atomic E-state index is -1.45. The van der Waals surface area contributed by atoms with Crippen molar-refractivity contribution in [1.29, 1.82) is 0 Å². The fourth-order valence-electron chi connectivity index (χ4n) is 3.49. The molecule has 0 amide bonds. The third-order valence-electron chi connectivity index (χ3n) is 5.27. The lowest BCUT2D eigenvalue weighted by molar-refractivity contribution is -0.223. The van der Waals surface area contributed by atoms with Gasteiger partial charge in [0.2, 0.25) is 0 Å². The number of benzene rings is 2. The summed E-state index contributed by atoms with van der Waals surface area (Å²) in [6.07, 6.45) is -5.25. The van der Waals surface area contributed by atoms with Crippen LogP contribution in [0.25, 0.3) is 11.0 Å². The standard InChI is InChI=1S/C22H18Cl2F2O7S/c23-12-2-1-10(6-13(12)24)34-22-19(29)20(18(28)16(7-27)33-22)31-8-9-5-11-15(32-21(9)30)4-3-14(25)17(11)26/h1-6,16,18-20,22,27-29H,7-8H2/t16?,18-,19?,20?,22+/m0/s1. The molecule has 1 aliphatic heterocycles. The summed E-state index contributed by atoms with van der Waals surface area (Å²) < 4.78 is 43.9. The zero-order chi connectivity index (χ0) is 24.6. The van der Waals surface area contributed by atoms with Gasteiger partial charge in [0, 0.05) is 4.90 Å². The number of aliphatic hydroxyl groups excluding tert-OH is 3. The van der Waals surface area contributed by atoms with Crippen LogP contribution < -0.4 is 5.63 Å². The Bertz CT molecular complexity index is 1260. The Hall–Kier alpha value is -1.76. The van der Waals surface area contributed by atoms with Gasteiger partial charge in [-0.2, -0.15) is 0 Å². The molecule has 0 aliphatic carbocycles. The maximum absolute atomic E-state index is 14.1. The second kappa shape index (κ2) is 10.5. The summed E-state index contributed by atoms with van der Waals surface area (Å²) in [5, 5.41) is 31.3. The molecule has 2 heterocycles. The van der Waals surface area contributed by atoms with E-state index in [0.717, 1.165) is 30.0 Å². The van der Waals surface area contributed by atoms with Crippen molar-refractivity contribution in [1.82, 2.24) is 0 Å². The van der Waals surface area contributed by atoms with Crippen molar-refractivity contribution in [3.05, 3.63) is 74.1 Å². The molecule has 2 aromatic carbocycles. The number of hydrogen-bond donors (Lipinski definition) is 3. The Morgan fingerprint density at radius 2 is 1.82 bits per heavy atom. The predicted octanol–water partition coefficient (Wildman–Crippen LogP) is 3.49. The smallest absolute Gasteiger partial charge is 0.341 e. The molecule has 0 saturated carbocycles. The van der Waals surface area contributed by atoms with E-state index in [0.29, 0.717) is 9.92 Å². The van der Waals surface area contributed by atoms with Gasteiger partial charge in [-0.1, -0.05) is 35.0 Å². The van der Waals surface area contributed by atoms with Gasteiger partial charge in [0.05, 0.1) is 34.2 Å². The van der Waals surface area contributed by atoms with Crippen LogP contribution in [0.1, 0.15) is 5.56 Å². The molecular formula is C22H18Cl2F2O7S. The highest BCUT2D eigenvalue weighted by Gasteiger charge is 2.45. The van der Waals surface area contributed by atoms with Crippen molar-refractivity contribution in [2.45, 2.75) is 41.4 Å². The Kier molecular flexibility index (Phi) is 7.80. The van der Waals surface area contributed by atoms with Crippen molar-refractivity contribution in [3.63, 3.8) is 0 Å². The van der Waals surface area contributed by atoms with Gasteiger partial charge < -0.3 is 29.2 Å². The number of ether oxygens (including phenoxy) is 2. The van der Waals surface area contributed by atoms with Crippen LogP contribution >= 0.6 is 35.0 Å². The van der Waals surface area contributed by atoms with E-state index in [1.54, 1.807) is 18.2 Å². The van der Waals surface area contributed by atoms with Crippen LogP contribution in [0.5, 0.6) is 0 Å². The maximum atomic E-state index is 14.1. The van der Waals surface area contributed by atoms with Crippen LogP contribution in [-0.2, 0) is 16.1 Å². The maximum Gasteiger partial charge on any atom is 0.341 e. The molecular weight excluding hydrogens is 517 g/mol. The van der Waals surface area contributed by atoms with Gasteiger partial charge in [0.25, 0.3) is 0 Å². The molecule has 3 unspecified atom stereocenters. The van der Waals surface area contributed by atoms with Gasteiger partial charge in [-0.15, -0.1) is 0 Å². The molecule has 3 N–H and O–H groups in total. The topological polar surface area (TPSA) is 109 Å². The minimum Gasteiger partial charge on any atom is -0.422 e. The zero-order valence-electron chi connectivity index (χ0n) is 17.2. The molecule has 182 valence electrons. The normalized spacial score (nSPS) is 25.1. The molecule has 0 spiro atoms. The Morgan fingerprint density at radius 1 is 1.06 bits per heavy atom. The van der Waals surface area contributed by atoms with E-state index in [2.05, 4.69) is 0 Å². The van der Waals surface area contributed by atoms with Crippen LogP contribution in [0.2, 0.25) is 10.0 Å². The molecule has 3 aromatic rings. The molecule has 1 aromatic heterocycles. The second-order valence-electron chi connectivity index (χ2n) is 7.51. The molecule has 4 rings (SSSR count). The first-order valence-corrected chi connectivity index (χ1v) is 11.6. The van der Waals surface area contributed by atoms with Crippen molar-refractivity contribution in [3.8, 4) is 0 Å². The van der Waals surface area contributed by atoms with E-state index in [1.807, 2.05) is 0 Å². The third kappa shape index (κ3) is 5.09. The molecule has 1 saturated heterocycles. The van der Waals surface area contributed by atoms with Crippen LogP contribution in [-0.4, -0.2) is 51.8 Å². The fraction of sp³-hybridized carbons (Fsp3) is 0.318. The monoisotopic (exact) mass is 534 g/mol. The number of fused-ring (bicyclic) bond motifs is 1. The quantitative estimate of drug-likeness (QED) is 0.412. The van der Waals surface area contributed by atoms with E-state index in [1.165, 1.54) is 0 Å². The summed E-state index contributed by atoms with van der Waals surface area (Å²) in [5.74, 6) is -2.30. The molecule has 12 heteroatoms. The number of thioether (sulfide) groups is 1. The molecule has 1 aliphatic rings. The van der Waals surface area contributed by atoms with Crippen molar-refractivity contribution < 1.29 is 38.0 Å². The van der Waals surface area contributed by atoms with Crippen LogP contribution in [0.15, 0.2) is 50.5 Å². The lowest BCUT2D eigenvalue weighted by Gasteiger charge is -2.41. The van der Waals surface area contributed by atoms with Crippen molar-refractivity contribution in [2.24, 2.45) is 0 Å². The van der Waals surface area contributed by atoms with Gasteiger partial charge in [-0.25, -0.2) is 13.6 Å². The number of aliphatic hydroxyl groups is 3. The summed E-state index contributed by atoms with van der Waals surface area (Å²) in [6, 6.07) is 7.83. The Balaban J connectivity index is 1.56. The summed E-state index contributed by atoms with van der Waals surface area (Å²) in [7, 11) is 0. The Morgan fingerprint density at radius 3 is 2.53 bits per heavy atom. The van der Waals surface area contributed by atoms with Crippen molar-refractivity contribution >= 4 is 45.9 Å². The molecule has 7 nitrogen and oxygen atoms in total. The molecule has 1 fully saturated rings. The van der Waals surface area contributed by atoms with Gasteiger partial charge in [-0.3, -0.25) is 0 Å². The third-order valence-corrected chi connectivity index (χ3v) is 7.16. The van der Waals surface area contributed by atoms with Gasteiger partial charge in [0.15, 0.2) is 11.6 Å². The summed E-state index contributed by atoms with van der Waals surface area (Å²) in [5.41, 5.74) is -2.13. The summed E-state index contributed by atoms with van der Waals surface area (Å²) in [4.78, 5) is 12.9. The number of hydrogen-bond acceptors (Lipinski definition) is 8. The summed E-state index contributed by atoms with van der Waals surface area (Å²) >= 11 is 13.0. The predicted molar refractivity (Wildman–Crippen MR) is 121 cm³/mol. The van der Waals surface area contributed by atoms with E-state index < -0.39 is 60.3 Å². The first-order chi connectivity index (χ1) is 16.2. The fourth-order valence-corrected chi connectivity index (χ4v) is 4.95. The van der Waals surface area contributed by atoms with E-state index in [4.69, 9.17) is 37.1 Å². The molecule has 0 bridgehead atoms. The lowest BCUT2D eigenvalue weighted by Crippen LogP contribution is -2.58. The molecule has 34 heavy (non-hydrogen) atoms. The van der Waals surface area contributed by atoms with Gasteiger partial charge in [-0.05, 0) is 36.4 Å². The largest absolute Gasteiger partial charge is 0.422 e. The molecule has 5 atom stereocenters. The van der Waals surface area contributed by atoms with Gasteiger partial charge >= 0.3 is 5.63 Å². The molecule has 0 radical (unpaired) electrons. The van der Waals surface area contributed by atoms with Crippen LogP contribution in [0, 0.1) is 11.6 Å². The minimum absolute atomic E-state index is 0.141. The zero-order valence-corrected chi connectivity index (χ0v) is 19.5. The van der Waals surface area contributed by atoms with Crippen LogP contribution in [0.4, 0.5) is 8.78 Å². The highest BCUT2D eigenvalue weighted by molar-refractivity contribution is 7.99. The first kappa shape index (κ1) is 25.3. The highest BCUT2D eigenvalue weighted by atomic mass is 35.5. The van der Waals surface area contributed by atoms with E-state index >= 15 is 0 Å². The van der Waals surface area contributed by atoms with E-state index in [9.17, 15) is 28.9 Å².